The second kappa shape index (κ2) is 2.76. The zero-order valence-corrected chi connectivity index (χ0v) is 7.53. The van der Waals surface area contributed by atoms with Crippen molar-refractivity contribution in [3.63, 3.8) is 0 Å². The first kappa shape index (κ1) is 7.16. The van der Waals surface area contributed by atoms with E-state index in [0.29, 0.717) is 0 Å². The van der Waals surface area contributed by atoms with E-state index in [-0.39, 0.29) is 0 Å². The van der Waals surface area contributed by atoms with Crippen LogP contribution in [-0.2, 0) is 0 Å². The number of hydrogen-bond acceptors (Lipinski definition) is 2. The van der Waals surface area contributed by atoms with Gasteiger partial charge in [0.2, 0.25) is 0 Å². The second-order valence-electron chi connectivity index (χ2n) is 2.01. The van der Waals surface area contributed by atoms with Gasteiger partial charge >= 0.3 is 0 Å². The van der Waals surface area contributed by atoms with Crippen molar-refractivity contribution in [2.75, 3.05) is 6.26 Å². The molecule has 0 saturated heterocycles. The Morgan fingerprint density at radius 1 is 1.44 bits per heavy atom. The number of thioether (sulfide) groups is 1. The normalized spacial score (nSPS) is 10.1. The van der Waals surface area contributed by atoms with E-state index in [1.807, 2.05) is 23.1 Å². The first-order valence-electron chi connectivity index (χ1n) is 2.84. The molecule has 50 valence electrons. The summed E-state index contributed by atoms with van der Waals surface area (Å²) in [6.07, 6.45) is 2.13. The van der Waals surface area contributed by atoms with Gasteiger partial charge in [-0.2, -0.15) is 0 Å². The Labute approximate surface area is 64.3 Å². The lowest BCUT2D eigenvalue weighted by Crippen LogP contribution is -1.69. The van der Waals surface area contributed by atoms with E-state index in [2.05, 4.69) is 25.5 Å². The van der Waals surface area contributed by atoms with Crippen molar-refractivity contribution in [2.45, 2.75) is 18.7 Å². The van der Waals surface area contributed by atoms with Crippen molar-refractivity contribution in [2.24, 2.45) is 0 Å². The molecular weight excluding hydrogens is 148 g/mol. The monoisotopic (exact) mass is 158 g/mol. The Morgan fingerprint density at radius 3 is 2.33 bits per heavy atom. The van der Waals surface area contributed by atoms with Gasteiger partial charge in [-0.3, -0.25) is 0 Å². The minimum atomic E-state index is 1.42. The third-order valence-corrected chi connectivity index (χ3v) is 3.49. The lowest BCUT2D eigenvalue weighted by atomic mass is 10.3. The highest BCUT2D eigenvalue weighted by atomic mass is 32.2. The van der Waals surface area contributed by atoms with Crippen LogP contribution < -0.4 is 0 Å². The van der Waals surface area contributed by atoms with Gasteiger partial charge < -0.3 is 0 Å². The molecule has 1 heterocycles. The molecule has 0 spiro atoms. The van der Waals surface area contributed by atoms with Crippen molar-refractivity contribution >= 4 is 23.1 Å². The average Bonchev–Trinajstić information content (AvgIpc) is 2.12. The minimum absolute atomic E-state index is 1.42. The summed E-state index contributed by atoms with van der Waals surface area (Å²) in [4.78, 5) is 2.90. The third-order valence-electron chi connectivity index (χ3n) is 1.29. The smallest absolute Gasteiger partial charge is 0.0235 e. The first-order chi connectivity index (χ1) is 4.25. The summed E-state index contributed by atoms with van der Waals surface area (Å²) in [6, 6.07) is 0. The summed E-state index contributed by atoms with van der Waals surface area (Å²) < 4.78 is 0. The second-order valence-corrected chi connectivity index (χ2v) is 3.91. The van der Waals surface area contributed by atoms with Crippen molar-refractivity contribution in [3.05, 3.63) is 15.8 Å². The van der Waals surface area contributed by atoms with Crippen LogP contribution in [0, 0.1) is 13.8 Å². The average molecular weight is 158 g/mol. The van der Waals surface area contributed by atoms with E-state index in [1.165, 1.54) is 15.3 Å². The molecule has 2 heteroatoms. The Balaban J connectivity index is 3.07. The van der Waals surface area contributed by atoms with Crippen LogP contribution in [0.15, 0.2) is 10.3 Å². The van der Waals surface area contributed by atoms with Crippen LogP contribution in [0.5, 0.6) is 0 Å². The third kappa shape index (κ3) is 1.30. The fraction of sp³-hybridized carbons (Fsp3) is 0.429. The zero-order valence-electron chi connectivity index (χ0n) is 5.89. The summed E-state index contributed by atoms with van der Waals surface area (Å²) in [5.74, 6) is 0. The van der Waals surface area contributed by atoms with Crippen LogP contribution in [0.4, 0.5) is 0 Å². The maximum Gasteiger partial charge on any atom is 0.0235 e. The van der Waals surface area contributed by atoms with Crippen LogP contribution in [0.2, 0.25) is 0 Å². The summed E-state index contributed by atoms with van der Waals surface area (Å²) in [6.45, 7) is 4.33. The largest absolute Gasteiger partial charge is 0.148 e. The quantitative estimate of drug-likeness (QED) is 0.566. The van der Waals surface area contributed by atoms with Gasteiger partial charge in [0, 0.05) is 9.77 Å². The molecule has 9 heavy (non-hydrogen) atoms. The molecule has 0 saturated carbocycles. The topological polar surface area (TPSA) is 0 Å². The van der Waals surface area contributed by atoms with Crippen molar-refractivity contribution in [3.8, 4) is 0 Å². The Hall–Kier alpha value is 0.0500. The van der Waals surface area contributed by atoms with E-state index in [1.54, 1.807) is 0 Å². The molecule has 0 aliphatic rings. The van der Waals surface area contributed by atoms with Crippen molar-refractivity contribution in [1.82, 2.24) is 0 Å². The van der Waals surface area contributed by atoms with E-state index in [0.717, 1.165) is 0 Å². The molecule has 0 atom stereocenters. The molecule has 1 rings (SSSR count). The highest BCUT2D eigenvalue weighted by Crippen LogP contribution is 2.28. The van der Waals surface area contributed by atoms with Gasteiger partial charge in [0.05, 0.1) is 0 Å². The number of rotatable bonds is 1. The standard InChI is InChI=1S/C7H10S2/c1-5-4-9-6(2)7(5)8-3/h4H,1-3H3. The molecule has 0 nitrogen and oxygen atoms in total. The van der Waals surface area contributed by atoms with Crippen LogP contribution in [0.25, 0.3) is 0 Å². The zero-order chi connectivity index (χ0) is 6.85. The fourth-order valence-corrected chi connectivity index (χ4v) is 2.74. The highest BCUT2D eigenvalue weighted by Gasteiger charge is 2.00. The van der Waals surface area contributed by atoms with E-state index in [9.17, 15) is 0 Å². The summed E-state index contributed by atoms with van der Waals surface area (Å²) in [5, 5.41) is 2.21. The van der Waals surface area contributed by atoms with Crippen LogP contribution in [0.1, 0.15) is 10.4 Å². The van der Waals surface area contributed by atoms with Gasteiger partial charge in [0.25, 0.3) is 0 Å². The van der Waals surface area contributed by atoms with E-state index < -0.39 is 0 Å². The number of thiophene rings is 1. The van der Waals surface area contributed by atoms with Gasteiger partial charge in [-0.15, -0.1) is 23.1 Å². The number of aryl methyl sites for hydroxylation is 2. The lowest BCUT2D eigenvalue weighted by Gasteiger charge is -1.93. The molecule has 0 N–H and O–H groups in total. The molecule has 0 aromatic carbocycles. The molecule has 0 bridgehead atoms. The van der Waals surface area contributed by atoms with Gasteiger partial charge in [0.1, 0.15) is 0 Å². The molecule has 0 amide bonds. The maximum absolute atomic E-state index is 2.21. The first-order valence-corrected chi connectivity index (χ1v) is 4.95. The molecule has 0 radical (unpaired) electrons. The molecule has 0 aliphatic heterocycles. The van der Waals surface area contributed by atoms with E-state index in [4.69, 9.17) is 0 Å². The van der Waals surface area contributed by atoms with Crippen molar-refractivity contribution < 1.29 is 0 Å². The number of hydrogen-bond donors (Lipinski definition) is 0. The van der Waals surface area contributed by atoms with Gasteiger partial charge in [0.15, 0.2) is 0 Å². The molecule has 0 unspecified atom stereocenters. The van der Waals surface area contributed by atoms with Crippen molar-refractivity contribution in [1.29, 1.82) is 0 Å². The van der Waals surface area contributed by atoms with Crippen LogP contribution in [-0.4, -0.2) is 6.26 Å². The molecular formula is C7H10S2. The van der Waals surface area contributed by atoms with Gasteiger partial charge in [-0.1, -0.05) is 0 Å². The minimum Gasteiger partial charge on any atom is -0.148 e. The Bertz CT molecular complexity index is 181. The summed E-state index contributed by atoms with van der Waals surface area (Å²) >= 11 is 3.67. The lowest BCUT2D eigenvalue weighted by molar-refractivity contribution is 1.31. The Kier molecular flexibility index (Phi) is 2.19. The summed E-state index contributed by atoms with van der Waals surface area (Å²) in [7, 11) is 0. The molecule has 1 aromatic rings. The maximum atomic E-state index is 2.21. The highest BCUT2D eigenvalue weighted by molar-refractivity contribution is 7.98. The van der Waals surface area contributed by atoms with Gasteiger partial charge in [-0.25, -0.2) is 0 Å². The SMILES string of the molecule is CSc1c(C)csc1C. The van der Waals surface area contributed by atoms with Crippen LogP contribution >= 0.6 is 23.1 Å². The predicted octanol–water partition coefficient (Wildman–Crippen LogP) is 3.09. The fourth-order valence-electron chi connectivity index (χ4n) is 0.866. The van der Waals surface area contributed by atoms with E-state index >= 15 is 0 Å². The molecule has 1 aromatic heterocycles. The Morgan fingerprint density at radius 2 is 2.11 bits per heavy atom. The predicted molar refractivity (Wildman–Crippen MR) is 45.6 cm³/mol. The van der Waals surface area contributed by atoms with Gasteiger partial charge in [-0.05, 0) is 31.0 Å². The van der Waals surface area contributed by atoms with Crippen LogP contribution in [0.3, 0.4) is 0 Å². The molecule has 0 fully saturated rings. The summed E-state index contributed by atoms with van der Waals surface area (Å²) in [5.41, 5.74) is 1.42. The molecule has 0 aliphatic carbocycles.